The first kappa shape index (κ1) is 26.2. The van der Waals surface area contributed by atoms with Crippen molar-refractivity contribution >= 4 is 44.5 Å². The van der Waals surface area contributed by atoms with Crippen LogP contribution >= 0.6 is 11.8 Å². The van der Waals surface area contributed by atoms with Crippen molar-refractivity contribution in [1.29, 1.82) is 0 Å². The number of alkyl carbamates (subject to hydrolysis) is 1. The number of hydrogen-bond acceptors (Lipinski definition) is 6. The molecule has 2 saturated heterocycles. The molecule has 11 heteroatoms. The summed E-state index contributed by atoms with van der Waals surface area (Å²) in [5.41, 5.74) is 0.198. The summed E-state index contributed by atoms with van der Waals surface area (Å²) in [4.78, 5) is 31.7. The van der Waals surface area contributed by atoms with Gasteiger partial charge in [0, 0.05) is 11.7 Å². The summed E-state index contributed by atoms with van der Waals surface area (Å²) in [6, 6.07) is 13.5. The molecule has 2 aliphatic rings. The molecule has 2 heterocycles. The van der Waals surface area contributed by atoms with Crippen LogP contribution in [0.25, 0.3) is 0 Å². The molecule has 0 spiro atoms. The standard InChI is InChI=1S/C25H28FN3O5S2/c1-25(2,3)34-24(31)27-18(13-16-9-5-4-6-10-16)22(30)28-23-29(19-12-8-7-11-17(19)26)20-14-36(32,33)15-21(20)35-23/h4-12,18,20-21H,13-15H2,1-3H3,(H,27,31)/t18-,20-,21+/m1/s1. The maximum absolute atomic E-state index is 14.8. The van der Waals surface area contributed by atoms with E-state index < -0.39 is 45.3 Å². The number of para-hydroxylation sites is 1. The summed E-state index contributed by atoms with van der Waals surface area (Å²) in [5.74, 6) is -1.42. The number of anilines is 1. The predicted octanol–water partition coefficient (Wildman–Crippen LogP) is 3.56. The first-order valence-corrected chi connectivity index (χ1v) is 14.2. The van der Waals surface area contributed by atoms with Gasteiger partial charge in [-0.2, -0.15) is 4.99 Å². The second kappa shape index (κ2) is 10.2. The summed E-state index contributed by atoms with van der Waals surface area (Å²) in [6.45, 7) is 5.15. The van der Waals surface area contributed by atoms with Gasteiger partial charge in [-0.15, -0.1) is 0 Å². The number of carbonyl (C=O) groups is 2. The molecule has 2 fully saturated rings. The highest BCUT2D eigenvalue weighted by Crippen LogP contribution is 2.41. The number of hydrogen-bond donors (Lipinski definition) is 1. The average molecular weight is 534 g/mol. The van der Waals surface area contributed by atoms with Gasteiger partial charge in [0.2, 0.25) is 0 Å². The quantitative estimate of drug-likeness (QED) is 0.627. The Morgan fingerprint density at radius 1 is 1.14 bits per heavy atom. The number of thioether (sulfide) groups is 1. The van der Waals surface area contributed by atoms with E-state index in [4.69, 9.17) is 4.74 Å². The van der Waals surface area contributed by atoms with Crippen LogP contribution in [0.4, 0.5) is 14.9 Å². The van der Waals surface area contributed by atoms with Crippen LogP contribution in [0, 0.1) is 5.82 Å². The molecule has 0 bridgehead atoms. The normalized spacial score (nSPS) is 22.8. The van der Waals surface area contributed by atoms with Crippen LogP contribution in [-0.4, -0.2) is 60.0 Å². The van der Waals surface area contributed by atoms with Crippen LogP contribution < -0.4 is 10.2 Å². The summed E-state index contributed by atoms with van der Waals surface area (Å²) in [6.07, 6.45) is -0.591. The van der Waals surface area contributed by atoms with Crippen molar-refractivity contribution < 1.29 is 27.1 Å². The zero-order chi connectivity index (χ0) is 26.1. The van der Waals surface area contributed by atoms with E-state index in [1.54, 1.807) is 26.8 Å². The smallest absolute Gasteiger partial charge is 0.408 e. The van der Waals surface area contributed by atoms with Crippen molar-refractivity contribution in [3.63, 3.8) is 0 Å². The second-order valence-electron chi connectivity index (χ2n) is 9.74. The Morgan fingerprint density at radius 2 is 1.81 bits per heavy atom. The molecule has 1 N–H and O–H groups in total. The van der Waals surface area contributed by atoms with Crippen molar-refractivity contribution in [2.24, 2.45) is 4.99 Å². The molecule has 2 aromatic carbocycles. The van der Waals surface area contributed by atoms with Gasteiger partial charge in [0.1, 0.15) is 17.5 Å². The summed E-state index contributed by atoms with van der Waals surface area (Å²) < 4.78 is 44.7. The van der Waals surface area contributed by atoms with Crippen LogP contribution in [0.1, 0.15) is 26.3 Å². The molecule has 8 nitrogen and oxygen atoms in total. The molecular formula is C25H28FN3O5S2. The molecule has 0 aromatic heterocycles. The molecule has 2 aliphatic heterocycles. The molecule has 0 saturated carbocycles. The van der Waals surface area contributed by atoms with E-state index in [9.17, 15) is 22.4 Å². The Balaban J connectivity index is 1.66. The molecular weight excluding hydrogens is 505 g/mol. The van der Waals surface area contributed by atoms with Gasteiger partial charge in [0.05, 0.1) is 23.2 Å². The number of rotatable bonds is 5. The number of ether oxygens (including phenoxy) is 1. The van der Waals surface area contributed by atoms with Gasteiger partial charge < -0.3 is 15.0 Å². The zero-order valence-corrected chi connectivity index (χ0v) is 21.8. The lowest BCUT2D eigenvalue weighted by Gasteiger charge is -2.25. The SMILES string of the molecule is CC(C)(C)OC(=O)N[C@H](Cc1ccccc1)C(=O)N=C1S[C@H]2CS(=O)(=O)C[C@H]2N1c1ccccc1F. The van der Waals surface area contributed by atoms with E-state index in [-0.39, 0.29) is 34.0 Å². The number of sulfone groups is 1. The summed E-state index contributed by atoms with van der Waals surface area (Å²) in [5, 5.41) is 2.44. The number of nitrogens with zero attached hydrogens (tertiary/aromatic N) is 2. The number of benzene rings is 2. The van der Waals surface area contributed by atoms with Gasteiger partial charge >= 0.3 is 6.09 Å². The predicted molar refractivity (Wildman–Crippen MR) is 138 cm³/mol. The molecule has 36 heavy (non-hydrogen) atoms. The number of halogens is 1. The maximum Gasteiger partial charge on any atom is 0.408 e. The van der Waals surface area contributed by atoms with Crippen LogP contribution in [0.3, 0.4) is 0 Å². The molecule has 0 aliphatic carbocycles. The fourth-order valence-corrected chi connectivity index (χ4v) is 8.08. The van der Waals surface area contributed by atoms with Gasteiger partial charge in [-0.1, -0.05) is 54.2 Å². The molecule has 2 aromatic rings. The Bertz CT molecular complexity index is 1280. The monoisotopic (exact) mass is 533 g/mol. The summed E-state index contributed by atoms with van der Waals surface area (Å²) >= 11 is 1.14. The minimum Gasteiger partial charge on any atom is -0.444 e. The number of amidine groups is 1. The average Bonchev–Trinajstić information content (AvgIpc) is 3.24. The highest BCUT2D eigenvalue weighted by Gasteiger charge is 2.50. The second-order valence-corrected chi connectivity index (χ2v) is 13.1. The van der Waals surface area contributed by atoms with Crippen molar-refractivity contribution in [3.05, 3.63) is 66.0 Å². The van der Waals surface area contributed by atoms with Gasteiger partial charge in [-0.25, -0.2) is 17.6 Å². The third-order valence-corrected chi connectivity index (χ3v) is 8.87. The molecule has 3 atom stereocenters. The zero-order valence-electron chi connectivity index (χ0n) is 20.2. The lowest BCUT2D eigenvalue weighted by molar-refractivity contribution is -0.119. The third kappa shape index (κ3) is 6.25. The number of nitrogens with one attached hydrogen (secondary N) is 1. The van der Waals surface area contributed by atoms with Crippen LogP contribution in [0.15, 0.2) is 59.6 Å². The van der Waals surface area contributed by atoms with Crippen molar-refractivity contribution in [2.45, 2.75) is 50.1 Å². The number of carbonyl (C=O) groups excluding carboxylic acids is 2. The highest BCUT2D eigenvalue weighted by atomic mass is 32.2. The van der Waals surface area contributed by atoms with Gasteiger partial charge in [-0.05, 0) is 38.5 Å². The lowest BCUT2D eigenvalue weighted by atomic mass is 10.1. The topological polar surface area (TPSA) is 105 Å². The van der Waals surface area contributed by atoms with Crippen LogP contribution in [-0.2, 0) is 25.8 Å². The maximum atomic E-state index is 14.8. The van der Waals surface area contributed by atoms with Crippen molar-refractivity contribution in [2.75, 3.05) is 16.4 Å². The van der Waals surface area contributed by atoms with E-state index >= 15 is 0 Å². The Hall–Kier alpha value is -2.92. The van der Waals surface area contributed by atoms with Crippen LogP contribution in [0.5, 0.6) is 0 Å². The van der Waals surface area contributed by atoms with E-state index in [0.717, 1.165) is 17.3 Å². The highest BCUT2D eigenvalue weighted by molar-refractivity contribution is 8.16. The Morgan fingerprint density at radius 3 is 2.47 bits per heavy atom. The number of aliphatic imine (C=N–C) groups is 1. The largest absolute Gasteiger partial charge is 0.444 e. The first-order chi connectivity index (χ1) is 16.9. The molecule has 4 rings (SSSR count). The molecule has 192 valence electrons. The molecule has 0 unspecified atom stereocenters. The molecule has 0 radical (unpaired) electrons. The Kier molecular flexibility index (Phi) is 7.42. The van der Waals surface area contributed by atoms with Gasteiger partial charge in [-0.3, -0.25) is 4.79 Å². The van der Waals surface area contributed by atoms with Gasteiger partial charge in [0.15, 0.2) is 15.0 Å². The third-order valence-electron chi connectivity index (χ3n) is 5.66. The lowest BCUT2D eigenvalue weighted by Crippen LogP contribution is -2.45. The first-order valence-electron chi connectivity index (χ1n) is 11.5. The van der Waals surface area contributed by atoms with Crippen LogP contribution in [0.2, 0.25) is 0 Å². The summed E-state index contributed by atoms with van der Waals surface area (Å²) in [7, 11) is -3.30. The number of amides is 2. The van der Waals surface area contributed by atoms with Crippen molar-refractivity contribution in [3.8, 4) is 0 Å². The minimum absolute atomic E-state index is 0.0793. The van der Waals surface area contributed by atoms with Gasteiger partial charge in [0.25, 0.3) is 5.91 Å². The number of fused-ring (bicyclic) bond motifs is 1. The van der Waals surface area contributed by atoms with E-state index in [1.807, 2.05) is 30.3 Å². The minimum atomic E-state index is -3.30. The fraction of sp³-hybridized carbons (Fsp3) is 0.400. The molecule has 2 amide bonds. The fourth-order valence-electron chi connectivity index (χ4n) is 4.17. The van der Waals surface area contributed by atoms with E-state index in [1.165, 1.54) is 23.1 Å². The van der Waals surface area contributed by atoms with E-state index in [2.05, 4.69) is 10.3 Å². The Labute approximate surface area is 214 Å². The van der Waals surface area contributed by atoms with Crippen molar-refractivity contribution in [1.82, 2.24) is 5.32 Å². The van der Waals surface area contributed by atoms with E-state index in [0.29, 0.717) is 0 Å².